The van der Waals surface area contributed by atoms with Crippen LogP contribution in [0.25, 0.3) is 10.2 Å². The van der Waals surface area contributed by atoms with Crippen molar-refractivity contribution in [3.8, 4) is 0 Å². The average molecular weight is 444 g/mol. The van der Waals surface area contributed by atoms with Crippen molar-refractivity contribution in [3.63, 3.8) is 0 Å². The molecule has 2 aromatic carbocycles. The van der Waals surface area contributed by atoms with E-state index in [1.54, 1.807) is 4.57 Å². The molecule has 1 aliphatic heterocycles. The number of benzene rings is 2. The summed E-state index contributed by atoms with van der Waals surface area (Å²) in [6, 6.07) is 20.5. The van der Waals surface area contributed by atoms with Crippen LogP contribution in [-0.2, 0) is 18.4 Å². The predicted molar refractivity (Wildman–Crippen MR) is 129 cm³/mol. The van der Waals surface area contributed by atoms with Crippen LogP contribution in [-0.4, -0.2) is 22.0 Å². The molecule has 2 aromatic heterocycles. The summed E-state index contributed by atoms with van der Waals surface area (Å²) in [5.74, 6) is 0.671. The third kappa shape index (κ3) is 3.35. The summed E-state index contributed by atoms with van der Waals surface area (Å²) in [6.45, 7) is 5.15. The van der Waals surface area contributed by atoms with Crippen LogP contribution in [0.1, 0.15) is 45.5 Å². The van der Waals surface area contributed by atoms with Crippen molar-refractivity contribution in [2.45, 2.75) is 38.6 Å². The zero-order chi connectivity index (χ0) is 22.3. The van der Waals surface area contributed by atoms with Gasteiger partial charge in [0, 0.05) is 24.9 Å². The average Bonchev–Trinajstić information content (AvgIpc) is 3.43. The van der Waals surface area contributed by atoms with Gasteiger partial charge in [0.05, 0.1) is 10.3 Å². The number of hydrogen-bond acceptors (Lipinski definition) is 4. The summed E-state index contributed by atoms with van der Waals surface area (Å²) in [5, 5.41) is 3.73. The van der Waals surface area contributed by atoms with Gasteiger partial charge >= 0.3 is 0 Å². The molecule has 0 unspecified atom stereocenters. The highest BCUT2D eigenvalue weighted by molar-refractivity contribution is 7.20. The zero-order valence-corrected chi connectivity index (χ0v) is 19.0. The van der Waals surface area contributed by atoms with Gasteiger partial charge in [0.15, 0.2) is 0 Å². The van der Waals surface area contributed by atoms with E-state index in [2.05, 4.69) is 41.5 Å². The summed E-state index contributed by atoms with van der Waals surface area (Å²) in [7, 11) is 0. The quantitative estimate of drug-likeness (QED) is 0.496. The summed E-state index contributed by atoms with van der Waals surface area (Å²) in [6.07, 6.45) is 1.76. The topological polar surface area (TPSA) is 64.0 Å². The maximum Gasteiger partial charge on any atom is 0.262 e. The predicted octanol–water partition coefficient (Wildman–Crippen LogP) is 4.45. The number of rotatable bonds is 5. The lowest BCUT2D eigenvalue weighted by Crippen LogP contribution is -2.39. The Morgan fingerprint density at radius 1 is 1.09 bits per heavy atom. The first-order valence-electron chi connectivity index (χ1n) is 10.9. The normalized spacial score (nSPS) is 13.3. The van der Waals surface area contributed by atoms with Crippen LogP contribution >= 0.6 is 11.3 Å². The summed E-state index contributed by atoms with van der Waals surface area (Å²) in [5.41, 5.74) is 2.59. The van der Waals surface area contributed by atoms with Gasteiger partial charge < -0.3 is 5.32 Å². The van der Waals surface area contributed by atoms with Crippen LogP contribution in [0.5, 0.6) is 0 Å². The fraction of sp³-hybridized carbons (Fsp3) is 0.269. The lowest BCUT2D eigenvalue weighted by molar-refractivity contribution is 0.0951. The first-order chi connectivity index (χ1) is 15.5. The minimum absolute atomic E-state index is 0.0197. The molecule has 0 bridgehead atoms. The molecule has 4 aromatic rings. The van der Waals surface area contributed by atoms with E-state index in [1.807, 2.05) is 43.3 Å². The highest BCUT2D eigenvalue weighted by atomic mass is 32.1. The van der Waals surface area contributed by atoms with Crippen LogP contribution in [0.3, 0.4) is 0 Å². The van der Waals surface area contributed by atoms with Gasteiger partial charge in [-0.15, -0.1) is 11.3 Å². The molecule has 162 valence electrons. The number of nitrogens with zero attached hydrogens (tertiary/aromatic N) is 2. The molecule has 1 amide bonds. The minimum Gasteiger partial charge on any atom is -0.350 e. The van der Waals surface area contributed by atoms with E-state index < -0.39 is 0 Å². The van der Waals surface area contributed by atoms with Crippen molar-refractivity contribution in [2.24, 2.45) is 0 Å². The summed E-state index contributed by atoms with van der Waals surface area (Å²) < 4.78 is 1.76. The maximum atomic E-state index is 13.3. The van der Waals surface area contributed by atoms with Crippen LogP contribution < -0.4 is 10.9 Å². The lowest BCUT2D eigenvalue weighted by atomic mass is 9.76. The molecule has 0 atom stereocenters. The number of nitrogens with one attached hydrogen (secondary N) is 1. The third-order valence-corrected chi connectivity index (χ3v) is 7.73. The van der Waals surface area contributed by atoms with E-state index in [9.17, 15) is 9.59 Å². The van der Waals surface area contributed by atoms with Crippen molar-refractivity contribution in [2.75, 3.05) is 6.54 Å². The van der Waals surface area contributed by atoms with Crippen molar-refractivity contribution < 1.29 is 4.79 Å². The molecule has 0 spiro atoms. The fourth-order valence-corrected chi connectivity index (χ4v) is 5.72. The van der Waals surface area contributed by atoms with Crippen LogP contribution in [0, 0.1) is 6.92 Å². The number of fused-ring (bicyclic) bond motifs is 2. The number of carbonyl (C=O) groups excluding carboxylic acids is 1. The molecule has 1 aliphatic rings. The standard InChI is InChI=1S/C26H25N3O2S/c1-17-21-24(28-20-14-9-15-29(20)25(21)31)32-22(17)23(30)27-16-26(2,18-10-5-3-6-11-18)19-12-7-4-8-13-19/h3-8,10-13H,9,14-16H2,1-2H3,(H,27,30). The van der Waals surface area contributed by atoms with E-state index >= 15 is 0 Å². The van der Waals surface area contributed by atoms with Crippen molar-refractivity contribution in [3.05, 3.63) is 98.4 Å². The zero-order valence-electron chi connectivity index (χ0n) is 18.2. The lowest BCUT2D eigenvalue weighted by Gasteiger charge is -2.31. The SMILES string of the molecule is Cc1c(C(=O)NCC(C)(c2ccccc2)c2ccccc2)sc2nc3n(c(=O)c12)CCC3. The van der Waals surface area contributed by atoms with Gasteiger partial charge in [0.25, 0.3) is 11.5 Å². The second-order valence-corrected chi connectivity index (χ2v) is 9.57. The van der Waals surface area contributed by atoms with Crippen LogP contribution in [0.15, 0.2) is 65.5 Å². The van der Waals surface area contributed by atoms with Gasteiger partial charge in [-0.05, 0) is 37.0 Å². The first kappa shape index (κ1) is 20.6. The van der Waals surface area contributed by atoms with E-state index in [4.69, 9.17) is 0 Å². The van der Waals surface area contributed by atoms with E-state index in [1.165, 1.54) is 11.3 Å². The Bertz CT molecular complexity index is 1320. The number of thiophene rings is 1. The van der Waals surface area contributed by atoms with E-state index in [0.29, 0.717) is 28.2 Å². The number of amides is 1. The minimum atomic E-state index is -0.387. The van der Waals surface area contributed by atoms with Crippen LogP contribution in [0.4, 0.5) is 0 Å². The largest absolute Gasteiger partial charge is 0.350 e. The molecule has 6 heteroatoms. The Labute approximate surface area is 190 Å². The van der Waals surface area contributed by atoms with E-state index in [0.717, 1.165) is 35.4 Å². The maximum absolute atomic E-state index is 13.3. The van der Waals surface area contributed by atoms with Crippen LogP contribution in [0.2, 0.25) is 0 Å². The van der Waals surface area contributed by atoms with Gasteiger partial charge in [-0.25, -0.2) is 4.98 Å². The molecule has 5 nitrogen and oxygen atoms in total. The van der Waals surface area contributed by atoms with Gasteiger partial charge in [0.1, 0.15) is 10.7 Å². The van der Waals surface area contributed by atoms with Gasteiger partial charge in [-0.1, -0.05) is 60.7 Å². The third-order valence-electron chi connectivity index (χ3n) is 6.54. The van der Waals surface area contributed by atoms with E-state index in [-0.39, 0.29) is 16.9 Å². The molecule has 0 saturated heterocycles. The molecule has 32 heavy (non-hydrogen) atoms. The number of hydrogen-bond donors (Lipinski definition) is 1. The highest BCUT2D eigenvalue weighted by Gasteiger charge is 2.30. The molecule has 0 aliphatic carbocycles. The number of carbonyl (C=O) groups is 1. The smallest absolute Gasteiger partial charge is 0.262 e. The molecule has 0 saturated carbocycles. The highest BCUT2D eigenvalue weighted by Crippen LogP contribution is 2.32. The van der Waals surface area contributed by atoms with Crippen molar-refractivity contribution in [1.29, 1.82) is 0 Å². The molecule has 1 N–H and O–H groups in total. The monoisotopic (exact) mass is 443 g/mol. The first-order valence-corrected chi connectivity index (χ1v) is 11.7. The second-order valence-electron chi connectivity index (χ2n) is 8.57. The Balaban J connectivity index is 1.48. The second kappa shape index (κ2) is 8.02. The fourth-order valence-electron chi connectivity index (χ4n) is 4.61. The molecule has 3 heterocycles. The van der Waals surface area contributed by atoms with Crippen molar-refractivity contribution >= 4 is 27.5 Å². The Morgan fingerprint density at radius 2 is 1.72 bits per heavy atom. The molecular formula is C26H25N3O2S. The Morgan fingerprint density at radius 3 is 2.34 bits per heavy atom. The summed E-state index contributed by atoms with van der Waals surface area (Å²) in [4.78, 5) is 32.2. The Kier molecular flexibility index (Phi) is 5.18. The van der Waals surface area contributed by atoms with Gasteiger partial charge in [-0.2, -0.15) is 0 Å². The number of aromatic nitrogens is 2. The van der Waals surface area contributed by atoms with Gasteiger partial charge in [0.2, 0.25) is 0 Å². The molecular weight excluding hydrogens is 418 g/mol. The molecule has 0 fully saturated rings. The molecule has 0 radical (unpaired) electrons. The Hall–Kier alpha value is -3.25. The van der Waals surface area contributed by atoms with Crippen molar-refractivity contribution in [1.82, 2.24) is 14.9 Å². The number of aryl methyl sites for hydroxylation is 2. The summed E-state index contributed by atoms with van der Waals surface area (Å²) >= 11 is 1.32. The van der Waals surface area contributed by atoms with Gasteiger partial charge in [-0.3, -0.25) is 14.2 Å². The molecule has 5 rings (SSSR count).